The Hall–Kier alpha value is -2.20. The fourth-order valence-electron chi connectivity index (χ4n) is 3.00. The van der Waals surface area contributed by atoms with Gasteiger partial charge in [0.2, 0.25) is 0 Å². The highest BCUT2D eigenvalue weighted by molar-refractivity contribution is 6.30. The van der Waals surface area contributed by atoms with Gasteiger partial charge in [-0.25, -0.2) is 0 Å². The van der Waals surface area contributed by atoms with E-state index in [0.29, 0.717) is 23.0 Å². The normalized spacial score (nSPS) is 16.9. The van der Waals surface area contributed by atoms with Crippen molar-refractivity contribution in [2.24, 2.45) is 5.92 Å². The summed E-state index contributed by atoms with van der Waals surface area (Å²) in [5, 5.41) is 3.59. The van der Waals surface area contributed by atoms with Crippen LogP contribution in [-0.4, -0.2) is 32.7 Å². The van der Waals surface area contributed by atoms with Crippen LogP contribution in [0.5, 0.6) is 5.75 Å². The van der Waals surface area contributed by atoms with Crippen molar-refractivity contribution in [3.63, 3.8) is 0 Å². The van der Waals surface area contributed by atoms with E-state index in [0.717, 1.165) is 25.3 Å². The van der Waals surface area contributed by atoms with Gasteiger partial charge in [0.25, 0.3) is 5.91 Å². The van der Waals surface area contributed by atoms with E-state index in [2.05, 4.69) is 22.3 Å². The van der Waals surface area contributed by atoms with Crippen LogP contribution in [0.4, 0.5) is 5.69 Å². The summed E-state index contributed by atoms with van der Waals surface area (Å²) in [6.45, 7) is 2.63. The minimum absolute atomic E-state index is 0.0691. The lowest BCUT2D eigenvalue weighted by Crippen LogP contribution is -2.31. The summed E-state index contributed by atoms with van der Waals surface area (Å²) in [4.78, 5) is 14.5. The molecule has 1 N–H and O–H groups in total. The molecule has 2 aromatic carbocycles. The first kappa shape index (κ1) is 16.7. The quantitative estimate of drug-likeness (QED) is 0.901. The Morgan fingerprint density at radius 1 is 1.29 bits per heavy atom. The molecule has 0 aliphatic carbocycles. The molecular weight excluding hydrogens is 324 g/mol. The minimum atomic E-state index is -0.0691. The molecule has 0 bridgehead atoms. The summed E-state index contributed by atoms with van der Waals surface area (Å²) in [5.41, 5.74) is 1.80. The zero-order valence-electron chi connectivity index (χ0n) is 13.7. The molecule has 126 valence electrons. The van der Waals surface area contributed by atoms with Gasteiger partial charge in [-0.2, -0.15) is 0 Å². The van der Waals surface area contributed by atoms with E-state index in [9.17, 15) is 4.79 Å². The van der Waals surface area contributed by atoms with Crippen LogP contribution >= 0.6 is 11.6 Å². The second kappa shape index (κ2) is 7.58. The number of hydrogen-bond acceptors (Lipinski definition) is 3. The highest BCUT2D eigenvalue weighted by Crippen LogP contribution is 2.25. The van der Waals surface area contributed by atoms with Crippen LogP contribution in [0.3, 0.4) is 0 Å². The Morgan fingerprint density at radius 3 is 2.79 bits per heavy atom. The number of hydrogen-bond donors (Lipinski definition) is 1. The van der Waals surface area contributed by atoms with Crippen molar-refractivity contribution in [1.82, 2.24) is 5.32 Å². The number of halogens is 1. The van der Waals surface area contributed by atoms with Gasteiger partial charge >= 0.3 is 0 Å². The fraction of sp³-hybridized carbons (Fsp3) is 0.316. The molecular formula is C19H21ClN2O2. The summed E-state index contributed by atoms with van der Waals surface area (Å²) in [5.74, 6) is 1.25. The number of benzene rings is 2. The maximum absolute atomic E-state index is 12.2. The Kier molecular flexibility index (Phi) is 5.26. The van der Waals surface area contributed by atoms with E-state index in [1.165, 1.54) is 5.69 Å². The Bertz CT molecular complexity index is 703. The molecule has 1 amide bonds. The van der Waals surface area contributed by atoms with Gasteiger partial charge in [-0.15, -0.1) is 0 Å². The average Bonchev–Trinajstić information content (AvgIpc) is 3.09. The van der Waals surface area contributed by atoms with E-state index in [1.807, 2.05) is 12.1 Å². The van der Waals surface area contributed by atoms with Crippen LogP contribution in [0.15, 0.2) is 48.5 Å². The van der Waals surface area contributed by atoms with Crippen LogP contribution in [0.2, 0.25) is 5.02 Å². The van der Waals surface area contributed by atoms with Crippen molar-refractivity contribution >= 4 is 23.2 Å². The van der Waals surface area contributed by atoms with E-state index < -0.39 is 0 Å². The largest absolute Gasteiger partial charge is 0.497 e. The predicted molar refractivity (Wildman–Crippen MR) is 97.1 cm³/mol. The molecule has 3 rings (SSSR count). The number of nitrogens with one attached hydrogen (secondary N) is 1. The lowest BCUT2D eigenvalue weighted by Gasteiger charge is -2.19. The number of nitrogens with zero attached hydrogens (tertiary/aromatic N) is 1. The number of carbonyl (C=O) groups excluding carboxylic acids is 1. The molecule has 4 nitrogen and oxygen atoms in total. The fourth-order valence-corrected chi connectivity index (χ4v) is 3.19. The van der Waals surface area contributed by atoms with Crippen LogP contribution in [0, 0.1) is 5.92 Å². The maximum Gasteiger partial charge on any atom is 0.251 e. The molecule has 1 saturated heterocycles. The SMILES string of the molecule is COc1ccc(N2CCC(CNC(=O)c3cccc(Cl)c3)C2)cc1. The second-order valence-corrected chi connectivity index (χ2v) is 6.46. The molecule has 1 fully saturated rings. The first-order valence-electron chi connectivity index (χ1n) is 8.08. The van der Waals surface area contributed by atoms with Gasteiger partial charge in [0, 0.05) is 35.9 Å². The minimum Gasteiger partial charge on any atom is -0.497 e. The third kappa shape index (κ3) is 4.01. The first-order chi connectivity index (χ1) is 11.7. The van der Waals surface area contributed by atoms with Gasteiger partial charge < -0.3 is 15.0 Å². The molecule has 2 aromatic rings. The zero-order valence-corrected chi connectivity index (χ0v) is 14.4. The Labute approximate surface area is 147 Å². The van der Waals surface area contributed by atoms with E-state index >= 15 is 0 Å². The average molecular weight is 345 g/mol. The summed E-state index contributed by atoms with van der Waals surface area (Å²) in [6.07, 6.45) is 1.07. The van der Waals surface area contributed by atoms with Crippen molar-refractivity contribution < 1.29 is 9.53 Å². The number of rotatable bonds is 5. The first-order valence-corrected chi connectivity index (χ1v) is 8.46. The van der Waals surface area contributed by atoms with Gasteiger partial charge in [-0.1, -0.05) is 17.7 Å². The second-order valence-electron chi connectivity index (χ2n) is 6.02. The molecule has 5 heteroatoms. The van der Waals surface area contributed by atoms with E-state index in [1.54, 1.807) is 31.4 Å². The van der Waals surface area contributed by atoms with Crippen molar-refractivity contribution in [2.75, 3.05) is 31.6 Å². The van der Waals surface area contributed by atoms with Crippen LogP contribution in [0.25, 0.3) is 0 Å². The number of anilines is 1. The zero-order chi connectivity index (χ0) is 16.9. The lowest BCUT2D eigenvalue weighted by molar-refractivity contribution is 0.0948. The number of carbonyl (C=O) groups is 1. The topological polar surface area (TPSA) is 41.6 Å². The molecule has 1 aliphatic heterocycles. The third-order valence-corrected chi connectivity index (χ3v) is 4.60. The van der Waals surface area contributed by atoms with Crippen molar-refractivity contribution in [3.05, 3.63) is 59.1 Å². The summed E-state index contributed by atoms with van der Waals surface area (Å²) in [7, 11) is 1.67. The molecule has 0 saturated carbocycles. The van der Waals surface area contributed by atoms with Crippen LogP contribution in [-0.2, 0) is 0 Å². The highest BCUT2D eigenvalue weighted by Gasteiger charge is 2.23. The smallest absolute Gasteiger partial charge is 0.251 e. The van der Waals surface area contributed by atoms with E-state index in [4.69, 9.17) is 16.3 Å². The van der Waals surface area contributed by atoms with Gasteiger partial charge in [-0.3, -0.25) is 4.79 Å². The number of ether oxygens (including phenoxy) is 1. The van der Waals surface area contributed by atoms with Crippen molar-refractivity contribution in [3.8, 4) is 5.75 Å². The standard InChI is InChI=1S/C19H21ClN2O2/c1-24-18-7-5-17(6-8-18)22-10-9-14(13-22)12-21-19(23)15-3-2-4-16(20)11-15/h2-8,11,14H,9-10,12-13H2,1H3,(H,21,23). The van der Waals surface area contributed by atoms with Crippen molar-refractivity contribution in [2.45, 2.75) is 6.42 Å². The maximum atomic E-state index is 12.2. The van der Waals surface area contributed by atoms with Gasteiger partial charge in [0.05, 0.1) is 7.11 Å². The Balaban J connectivity index is 1.51. The number of amides is 1. The van der Waals surface area contributed by atoms with Gasteiger partial charge in [0.1, 0.15) is 5.75 Å². The monoisotopic (exact) mass is 344 g/mol. The third-order valence-electron chi connectivity index (χ3n) is 4.36. The van der Waals surface area contributed by atoms with Gasteiger partial charge in [-0.05, 0) is 54.8 Å². The molecule has 0 spiro atoms. The lowest BCUT2D eigenvalue weighted by atomic mass is 10.1. The molecule has 0 radical (unpaired) electrons. The predicted octanol–water partition coefficient (Wildman–Crippen LogP) is 3.60. The molecule has 1 atom stereocenters. The molecule has 0 aromatic heterocycles. The number of methoxy groups -OCH3 is 1. The Morgan fingerprint density at radius 2 is 2.08 bits per heavy atom. The molecule has 1 unspecified atom stereocenters. The van der Waals surface area contributed by atoms with E-state index in [-0.39, 0.29) is 5.91 Å². The molecule has 1 heterocycles. The van der Waals surface area contributed by atoms with Crippen LogP contribution in [0.1, 0.15) is 16.8 Å². The van der Waals surface area contributed by atoms with Crippen molar-refractivity contribution in [1.29, 1.82) is 0 Å². The van der Waals surface area contributed by atoms with Gasteiger partial charge in [0.15, 0.2) is 0 Å². The molecule has 24 heavy (non-hydrogen) atoms. The highest BCUT2D eigenvalue weighted by atomic mass is 35.5. The summed E-state index contributed by atoms with van der Waals surface area (Å²) >= 11 is 5.93. The summed E-state index contributed by atoms with van der Waals surface area (Å²) in [6, 6.07) is 15.1. The molecule has 1 aliphatic rings. The van der Waals surface area contributed by atoms with Crippen LogP contribution < -0.4 is 15.0 Å². The summed E-state index contributed by atoms with van der Waals surface area (Å²) < 4.78 is 5.19.